The number of amides is 1. The number of nitrogens with one attached hydrogen (secondary N) is 2. The number of nitrogens with zero attached hydrogens (tertiary/aromatic N) is 6. The topological polar surface area (TPSA) is 125 Å². The molecule has 4 aromatic rings. The standard InChI is InChI=1S/C22H18ClF3N8O2/c23-16-4-5-17(33-13-30-31-32-33)15(9-16)11-28-19(35)10-14-6-7-27-21(20(14)24)29-12-22(25,26)18-3-1-2-8-34(18)36/h1-9,13H,10-12H2,(H,27,29)(H,28,35). The van der Waals surface area contributed by atoms with Crippen molar-refractivity contribution in [2.45, 2.75) is 18.9 Å². The van der Waals surface area contributed by atoms with E-state index in [1.54, 1.807) is 18.2 Å². The number of carbonyl (C=O) groups is 1. The summed E-state index contributed by atoms with van der Waals surface area (Å²) in [6, 6.07) is 9.81. The Morgan fingerprint density at radius 1 is 1.19 bits per heavy atom. The zero-order valence-electron chi connectivity index (χ0n) is 18.4. The van der Waals surface area contributed by atoms with E-state index in [-0.39, 0.29) is 23.3 Å². The Labute approximate surface area is 207 Å². The molecule has 0 bridgehead atoms. The number of halogens is 4. The molecule has 0 saturated carbocycles. The van der Waals surface area contributed by atoms with E-state index in [0.717, 1.165) is 12.3 Å². The third kappa shape index (κ3) is 5.68. The molecule has 2 N–H and O–H groups in total. The van der Waals surface area contributed by atoms with Crippen LogP contribution in [0.2, 0.25) is 5.02 Å². The third-order valence-corrected chi connectivity index (χ3v) is 5.35. The Bertz CT molecular complexity index is 1370. The quantitative estimate of drug-likeness (QED) is 0.258. The monoisotopic (exact) mass is 518 g/mol. The highest BCUT2D eigenvalue weighted by molar-refractivity contribution is 6.30. The summed E-state index contributed by atoms with van der Waals surface area (Å²) in [5.74, 6) is -5.55. The van der Waals surface area contributed by atoms with Crippen LogP contribution in [0, 0.1) is 11.0 Å². The summed E-state index contributed by atoms with van der Waals surface area (Å²) in [5, 5.41) is 27.9. The first-order valence-electron chi connectivity index (χ1n) is 10.5. The summed E-state index contributed by atoms with van der Waals surface area (Å²) in [6.07, 6.45) is 3.14. The zero-order chi connectivity index (χ0) is 25.7. The lowest BCUT2D eigenvalue weighted by Gasteiger charge is -2.17. The summed E-state index contributed by atoms with van der Waals surface area (Å²) >= 11 is 6.06. The van der Waals surface area contributed by atoms with E-state index < -0.39 is 35.7 Å². The van der Waals surface area contributed by atoms with Crippen molar-refractivity contribution in [2.75, 3.05) is 11.9 Å². The molecule has 0 fully saturated rings. The van der Waals surface area contributed by atoms with Crippen molar-refractivity contribution in [3.8, 4) is 5.69 Å². The lowest BCUT2D eigenvalue weighted by molar-refractivity contribution is -0.624. The number of benzene rings is 1. The normalized spacial score (nSPS) is 11.3. The highest BCUT2D eigenvalue weighted by Gasteiger charge is 2.39. The van der Waals surface area contributed by atoms with Crippen molar-refractivity contribution in [1.82, 2.24) is 30.5 Å². The molecule has 0 saturated heterocycles. The Morgan fingerprint density at radius 3 is 2.78 bits per heavy atom. The van der Waals surface area contributed by atoms with E-state index >= 15 is 0 Å². The van der Waals surface area contributed by atoms with Crippen LogP contribution in [0.15, 0.2) is 61.2 Å². The summed E-state index contributed by atoms with van der Waals surface area (Å²) in [5.41, 5.74) is 0.346. The molecule has 1 aromatic carbocycles. The number of rotatable bonds is 9. The Kier molecular flexibility index (Phi) is 7.29. The van der Waals surface area contributed by atoms with Gasteiger partial charge in [0.15, 0.2) is 17.8 Å². The summed E-state index contributed by atoms with van der Waals surface area (Å²) < 4.78 is 45.2. The molecule has 0 aliphatic carbocycles. The van der Waals surface area contributed by atoms with E-state index in [1.807, 2.05) is 0 Å². The minimum atomic E-state index is -3.60. The summed E-state index contributed by atoms with van der Waals surface area (Å²) in [7, 11) is 0. The van der Waals surface area contributed by atoms with Gasteiger partial charge in [-0.25, -0.2) is 14.1 Å². The molecule has 10 nitrogen and oxygen atoms in total. The smallest absolute Gasteiger partial charge is 0.347 e. The van der Waals surface area contributed by atoms with Gasteiger partial charge in [-0.15, -0.1) is 5.10 Å². The van der Waals surface area contributed by atoms with E-state index in [4.69, 9.17) is 11.6 Å². The van der Waals surface area contributed by atoms with Gasteiger partial charge in [0.2, 0.25) is 5.91 Å². The van der Waals surface area contributed by atoms with Gasteiger partial charge in [0.05, 0.1) is 18.7 Å². The van der Waals surface area contributed by atoms with Gasteiger partial charge in [-0.3, -0.25) is 4.79 Å². The van der Waals surface area contributed by atoms with Crippen LogP contribution in [-0.4, -0.2) is 37.6 Å². The minimum absolute atomic E-state index is 0.0386. The molecule has 14 heteroatoms. The molecule has 3 aromatic heterocycles. The number of aromatic nitrogens is 6. The van der Waals surface area contributed by atoms with Gasteiger partial charge in [0, 0.05) is 35.5 Å². The maximum Gasteiger partial charge on any atom is 0.347 e. The number of anilines is 1. The first-order valence-corrected chi connectivity index (χ1v) is 10.8. The van der Waals surface area contributed by atoms with Crippen molar-refractivity contribution in [3.63, 3.8) is 0 Å². The zero-order valence-corrected chi connectivity index (χ0v) is 19.2. The lowest BCUT2D eigenvalue weighted by Crippen LogP contribution is -2.41. The summed E-state index contributed by atoms with van der Waals surface area (Å²) in [4.78, 5) is 16.3. The van der Waals surface area contributed by atoms with Crippen LogP contribution in [0.25, 0.3) is 5.69 Å². The second-order valence-corrected chi connectivity index (χ2v) is 8.02. The molecule has 0 atom stereocenters. The molecule has 0 radical (unpaired) electrons. The Hall–Kier alpha value is -4.26. The van der Waals surface area contributed by atoms with Crippen LogP contribution in [-0.2, 0) is 23.7 Å². The number of hydrogen-bond donors (Lipinski definition) is 2. The largest absolute Gasteiger partial charge is 0.618 e. The van der Waals surface area contributed by atoms with Crippen molar-refractivity contribution in [3.05, 3.63) is 94.1 Å². The highest BCUT2D eigenvalue weighted by atomic mass is 35.5. The van der Waals surface area contributed by atoms with E-state index in [2.05, 4.69) is 31.1 Å². The van der Waals surface area contributed by atoms with Crippen LogP contribution in [0.5, 0.6) is 0 Å². The second-order valence-electron chi connectivity index (χ2n) is 7.58. The Balaban J connectivity index is 1.41. The fourth-order valence-electron chi connectivity index (χ4n) is 3.36. The molecule has 4 rings (SSSR count). The number of tetrazole rings is 1. The first kappa shape index (κ1) is 24.9. The van der Waals surface area contributed by atoms with Crippen LogP contribution in [0.4, 0.5) is 19.0 Å². The molecule has 36 heavy (non-hydrogen) atoms. The molecule has 3 heterocycles. The Morgan fingerprint density at radius 2 is 2.03 bits per heavy atom. The van der Waals surface area contributed by atoms with Crippen molar-refractivity contribution in [2.24, 2.45) is 0 Å². The second kappa shape index (κ2) is 10.6. The first-order chi connectivity index (χ1) is 17.2. The van der Waals surface area contributed by atoms with Crippen molar-refractivity contribution >= 4 is 23.3 Å². The van der Waals surface area contributed by atoms with Gasteiger partial charge in [0.25, 0.3) is 5.69 Å². The maximum atomic E-state index is 14.9. The van der Waals surface area contributed by atoms with Gasteiger partial charge in [-0.2, -0.15) is 13.5 Å². The highest BCUT2D eigenvalue weighted by Crippen LogP contribution is 2.26. The van der Waals surface area contributed by atoms with Crippen LogP contribution < -0.4 is 15.4 Å². The molecule has 0 aliphatic rings. The van der Waals surface area contributed by atoms with Gasteiger partial charge < -0.3 is 15.8 Å². The number of pyridine rings is 2. The summed E-state index contributed by atoms with van der Waals surface area (Å²) in [6.45, 7) is -1.03. The number of hydrogen-bond acceptors (Lipinski definition) is 7. The number of alkyl halides is 2. The van der Waals surface area contributed by atoms with Gasteiger partial charge >= 0.3 is 5.92 Å². The van der Waals surface area contributed by atoms with Crippen LogP contribution >= 0.6 is 11.6 Å². The van der Waals surface area contributed by atoms with Gasteiger partial charge in [0.1, 0.15) is 6.33 Å². The maximum absolute atomic E-state index is 14.9. The molecule has 1 amide bonds. The third-order valence-electron chi connectivity index (χ3n) is 5.11. The van der Waals surface area contributed by atoms with Crippen molar-refractivity contribution in [1.29, 1.82) is 0 Å². The number of carbonyl (C=O) groups excluding carboxylic acids is 1. The SMILES string of the molecule is O=C(Cc1ccnc(NCC(F)(F)c2cccc[n+]2[O-])c1F)NCc1cc(Cl)ccc1-n1cnnn1. The van der Waals surface area contributed by atoms with Gasteiger partial charge in [-0.05, 0) is 46.3 Å². The lowest BCUT2D eigenvalue weighted by atomic mass is 10.1. The molecule has 0 aliphatic heterocycles. The fourth-order valence-corrected chi connectivity index (χ4v) is 3.56. The molecular formula is C22H18ClF3N8O2. The van der Waals surface area contributed by atoms with Crippen LogP contribution in [0.1, 0.15) is 16.8 Å². The van der Waals surface area contributed by atoms with Gasteiger partial charge in [-0.1, -0.05) is 11.6 Å². The van der Waals surface area contributed by atoms with E-state index in [1.165, 1.54) is 35.4 Å². The van der Waals surface area contributed by atoms with E-state index in [9.17, 15) is 23.2 Å². The predicted molar refractivity (Wildman–Crippen MR) is 122 cm³/mol. The molecular weight excluding hydrogens is 501 g/mol. The minimum Gasteiger partial charge on any atom is -0.618 e. The molecule has 0 spiro atoms. The molecule has 186 valence electrons. The van der Waals surface area contributed by atoms with Crippen molar-refractivity contribution < 1.29 is 22.7 Å². The molecule has 0 unspecified atom stereocenters. The van der Waals surface area contributed by atoms with Crippen LogP contribution in [0.3, 0.4) is 0 Å². The van der Waals surface area contributed by atoms with E-state index in [0.29, 0.717) is 16.3 Å². The average molecular weight is 519 g/mol. The average Bonchev–Trinajstić information content (AvgIpc) is 3.38. The predicted octanol–water partition coefficient (Wildman–Crippen LogP) is 2.55. The fraction of sp³-hybridized carbons (Fsp3) is 0.182.